The van der Waals surface area contributed by atoms with Gasteiger partial charge in [-0.25, -0.2) is 0 Å². The van der Waals surface area contributed by atoms with E-state index in [0.717, 1.165) is 11.8 Å². The lowest BCUT2D eigenvalue weighted by molar-refractivity contribution is 0.362. The molecule has 0 saturated heterocycles. The molecule has 0 nitrogen and oxygen atoms in total. The molecule has 0 amide bonds. The summed E-state index contributed by atoms with van der Waals surface area (Å²) < 4.78 is 0. The highest BCUT2D eigenvalue weighted by Gasteiger charge is 2.05. The van der Waals surface area contributed by atoms with Gasteiger partial charge >= 0.3 is 0 Å². The first-order chi connectivity index (χ1) is 4.57. The van der Waals surface area contributed by atoms with Gasteiger partial charge in [-0.3, -0.25) is 0 Å². The van der Waals surface area contributed by atoms with Crippen molar-refractivity contribution in [3.63, 3.8) is 0 Å². The first kappa shape index (κ1) is 10.0. The highest BCUT2D eigenvalue weighted by molar-refractivity contribution is 4.80. The molecule has 0 spiro atoms. The van der Waals surface area contributed by atoms with Crippen LogP contribution < -0.4 is 0 Å². The molecule has 0 heterocycles. The van der Waals surface area contributed by atoms with Crippen LogP contribution in [0.5, 0.6) is 0 Å². The molecule has 2 atom stereocenters. The summed E-state index contributed by atoms with van der Waals surface area (Å²) in [4.78, 5) is 0. The minimum Gasteiger partial charge on any atom is -0.319 e. The van der Waals surface area contributed by atoms with Gasteiger partial charge in [-0.15, -0.1) is 0 Å². The van der Waals surface area contributed by atoms with Gasteiger partial charge in [0, 0.05) is 0 Å². The highest BCUT2D eigenvalue weighted by atomic mass is 14.2. The Hall–Kier alpha value is 0. The van der Waals surface area contributed by atoms with Gasteiger partial charge < -0.3 is 5.92 Å². The van der Waals surface area contributed by atoms with E-state index in [1.54, 1.807) is 5.92 Å². The van der Waals surface area contributed by atoms with Crippen LogP contribution in [0.25, 0.3) is 0 Å². The van der Waals surface area contributed by atoms with Gasteiger partial charge in [-0.05, 0) is 5.92 Å². The Bertz CT molecular complexity index is 74.1. The van der Waals surface area contributed by atoms with E-state index >= 15 is 0 Å². The Morgan fingerprint density at radius 1 is 1.10 bits per heavy atom. The third-order valence-corrected chi connectivity index (χ3v) is 2.35. The molecule has 0 aliphatic heterocycles. The zero-order valence-electron chi connectivity index (χ0n) is 8.07. The predicted octanol–water partition coefficient (Wildman–Crippen LogP) is 3.67. The molecule has 0 aliphatic carbocycles. The summed E-state index contributed by atoms with van der Waals surface area (Å²) in [5.41, 5.74) is 0. The molecule has 0 rings (SSSR count). The number of hydrogen-bond acceptors (Lipinski definition) is 0. The van der Waals surface area contributed by atoms with E-state index in [1.807, 2.05) is 0 Å². The molecule has 0 N–H and O–H groups in total. The summed E-state index contributed by atoms with van der Waals surface area (Å²) in [5.74, 6) is 3.32. The fourth-order valence-electron chi connectivity index (χ4n) is 1.25. The van der Waals surface area contributed by atoms with E-state index in [1.165, 1.54) is 12.8 Å². The van der Waals surface area contributed by atoms with E-state index in [4.69, 9.17) is 0 Å². The van der Waals surface area contributed by atoms with Gasteiger partial charge in [-0.1, -0.05) is 33.1 Å². The van der Waals surface area contributed by atoms with Crippen molar-refractivity contribution in [2.24, 2.45) is 11.8 Å². The van der Waals surface area contributed by atoms with Crippen LogP contribution in [-0.4, -0.2) is 0 Å². The third kappa shape index (κ3) is 3.92. The molecule has 62 valence electrons. The van der Waals surface area contributed by atoms with Crippen LogP contribution in [0.4, 0.5) is 0 Å². The standard InChI is InChI=1S/C10H21/c1-6-9(4)10(5)7-8(2)3/h9-10H,6-7H2,1-5H3/q-1. The Labute approximate surface area is 66.0 Å². The van der Waals surface area contributed by atoms with Crippen LogP contribution in [0.1, 0.15) is 47.5 Å². The van der Waals surface area contributed by atoms with Gasteiger partial charge in [0.15, 0.2) is 0 Å². The quantitative estimate of drug-likeness (QED) is 0.524. The second-order valence-corrected chi connectivity index (χ2v) is 3.77. The molecule has 0 aromatic rings. The molecule has 0 aliphatic rings. The lowest BCUT2D eigenvalue weighted by Gasteiger charge is -2.27. The monoisotopic (exact) mass is 141 g/mol. The van der Waals surface area contributed by atoms with Crippen molar-refractivity contribution in [2.75, 3.05) is 0 Å². The Morgan fingerprint density at radius 2 is 1.60 bits per heavy atom. The smallest absolute Gasteiger partial charge is 0.0444 e. The minimum absolute atomic E-state index is 0.870. The van der Waals surface area contributed by atoms with E-state index in [2.05, 4.69) is 34.6 Å². The molecule has 0 saturated carbocycles. The zero-order chi connectivity index (χ0) is 8.15. The molecule has 2 unspecified atom stereocenters. The molecular formula is C10H21-. The van der Waals surface area contributed by atoms with Gasteiger partial charge in [0.25, 0.3) is 0 Å². The summed E-state index contributed by atoms with van der Waals surface area (Å²) in [6.45, 7) is 11.4. The third-order valence-electron chi connectivity index (χ3n) is 2.35. The molecular weight excluding hydrogens is 120 g/mol. The molecule has 0 aromatic carbocycles. The van der Waals surface area contributed by atoms with Crippen molar-refractivity contribution in [1.82, 2.24) is 0 Å². The van der Waals surface area contributed by atoms with Crippen molar-refractivity contribution in [3.05, 3.63) is 5.92 Å². The van der Waals surface area contributed by atoms with Crippen molar-refractivity contribution in [1.29, 1.82) is 0 Å². The summed E-state index contributed by atoms with van der Waals surface area (Å²) >= 11 is 0. The second-order valence-electron chi connectivity index (χ2n) is 3.77. The molecule has 0 radical (unpaired) electrons. The second kappa shape index (κ2) is 4.76. The SMILES string of the molecule is CCC(C)C(C)C[C-](C)C. The first-order valence-electron chi connectivity index (χ1n) is 4.37. The van der Waals surface area contributed by atoms with Gasteiger partial charge in [-0.2, -0.15) is 20.3 Å². The normalized spacial score (nSPS) is 17.4. The largest absolute Gasteiger partial charge is 0.319 e. The maximum Gasteiger partial charge on any atom is -0.0444 e. The summed E-state index contributed by atoms with van der Waals surface area (Å²) in [6.07, 6.45) is 2.61. The molecule has 0 heteroatoms. The van der Waals surface area contributed by atoms with Crippen LogP contribution in [0, 0.1) is 17.8 Å². The van der Waals surface area contributed by atoms with Crippen molar-refractivity contribution in [3.8, 4) is 0 Å². The first-order valence-corrected chi connectivity index (χ1v) is 4.37. The van der Waals surface area contributed by atoms with Gasteiger partial charge in [0.2, 0.25) is 0 Å². The Balaban J connectivity index is 3.50. The fraction of sp³-hybridized carbons (Fsp3) is 0.900. The summed E-state index contributed by atoms with van der Waals surface area (Å²) in [6, 6.07) is 0. The maximum absolute atomic E-state index is 2.35. The number of rotatable bonds is 4. The van der Waals surface area contributed by atoms with Gasteiger partial charge in [0.1, 0.15) is 0 Å². The average molecular weight is 141 g/mol. The lowest BCUT2D eigenvalue weighted by Crippen LogP contribution is -2.08. The highest BCUT2D eigenvalue weighted by Crippen LogP contribution is 2.22. The topological polar surface area (TPSA) is 0 Å². The summed E-state index contributed by atoms with van der Waals surface area (Å²) in [5, 5.41) is 0. The molecule has 0 fully saturated rings. The van der Waals surface area contributed by atoms with Crippen LogP contribution in [-0.2, 0) is 0 Å². The van der Waals surface area contributed by atoms with Crippen LogP contribution in [0.3, 0.4) is 0 Å². The fourth-order valence-corrected chi connectivity index (χ4v) is 1.25. The predicted molar refractivity (Wildman–Crippen MR) is 47.8 cm³/mol. The van der Waals surface area contributed by atoms with E-state index < -0.39 is 0 Å². The van der Waals surface area contributed by atoms with E-state index in [9.17, 15) is 0 Å². The number of hydrogen-bond donors (Lipinski definition) is 0. The van der Waals surface area contributed by atoms with Crippen molar-refractivity contribution < 1.29 is 0 Å². The van der Waals surface area contributed by atoms with Crippen LogP contribution in [0.2, 0.25) is 0 Å². The lowest BCUT2D eigenvalue weighted by atomic mass is 9.87. The van der Waals surface area contributed by atoms with Crippen molar-refractivity contribution >= 4 is 0 Å². The van der Waals surface area contributed by atoms with Gasteiger partial charge in [0.05, 0.1) is 0 Å². The van der Waals surface area contributed by atoms with E-state index in [0.29, 0.717) is 0 Å². The Morgan fingerprint density at radius 3 is 1.90 bits per heavy atom. The average Bonchev–Trinajstić information content (AvgIpc) is 1.85. The molecule has 0 aromatic heterocycles. The maximum atomic E-state index is 2.35. The Kier molecular flexibility index (Phi) is 4.76. The van der Waals surface area contributed by atoms with Crippen LogP contribution >= 0.6 is 0 Å². The minimum atomic E-state index is 0.870. The van der Waals surface area contributed by atoms with Crippen molar-refractivity contribution in [2.45, 2.75) is 47.5 Å². The zero-order valence-corrected chi connectivity index (χ0v) is 8.07. The molecule has 0 bridgehead atoms. The summed E-state index contributed by atoms with van der Waals surface area (Å²) in [7, 11) is 0. The van der Waals surface area contributed by atoms with Crippen LogP contribution in [0.15, 0.2) is 0 Å². The van der Waals surface area contributed by atoms with E-state index in [-0.39, 0.29) is 0 Å². The molecule has 10 heavy (non-hydrogen) atoms.